The molecule has 0 radical (unpaired) electrons. The molecule has 4 nitrogen and oxygen atoms in total. The van der Waals surface area contributed by atoms with Crippen LogP contribution >= 0.6 is 0 Å². The Morgan fingerprint density at radius 1 is 1.00 bits per heavy atom. The zero-order chi connectivity index (χ0) is 16.7. The Bertz CT molecular complexity index is 737. The number of benzene rings is 1. The van der Waals surface area contributed by atoms with E-state index in [0.29, 0.717) is 10.9 Å². The second kappa shape index (κ2) is 5.81. The SMILES string of the molecule is FC(F)(F)Oc1ccc2nc(N3CCN(C4CC4)CC3)ccc2c1. The lowest BCUT2D eigenvalue weighted by Crippen LogP contribution is -2.47. The summed E-state index contributed by atoms with van der Waals surface area (Å²) in [5.41, 5.74) is 0.673. The highest BCUT2D eigenvalue weighted by atomic mass is 19.4. The van der Waals surface area contributed by atoms with Crippen molar-refractivity contribution < 1.29 is 17.9 Å². The number of pyridine rings is 1. The van der Waals surface area contributed by atoms with Crippen molar-refractivity contribution in [3.8, 4) is 5.75 Å². The van der Waals surface area contributed by atoms with Gasteiger partial charge >= 0.3 is 6.36 Å². The highest BCUT2D eigenvalue weighted by Crippen LogP contribution is 2.29. The number of anilines is 1. The first-order valence-corrected chi connectivity index (χ1v) is 8.13. The highest BCUT2D eigenvalue weighted by molar-refractivity contribution is 5.81. The molecule has 0 N–H and O–H groups in total. The van der Waals surface area contributed by atoms with Crippen LogP contribution in [0.5, 0.6) is 5.75 Å². The molecule has 7 heteroatoms. The number of aromatic nitrogens is 1. The van der Waals surface area contributed by atoms with E-state index < -0.39 is 6.36 Å². The molecule has 24 heavy (non-hydrogen) atoms. The summed E-state index contributed by atoms with van der Waals surface area (Å²) in [5, 5.41) is 0.636. The fourth-order valence-corrected chi connectivity index (χ4v) is 3.22. The van der Waals surface area contributed by atoms with Gasteiger partial charge in [-0.2, -0.15) is 0 Å². The summed E-state index contributed by atoms with van der Waals surface area (Å²) in [5.74, 6) is 0.657. The van der Waals surface area contributed by atoms with Gasteiger partial charge in [0.05, 0.1) is 5.52 Å². The van der Waals surface area contributed by atoms with Gasteiger partial charge in [-0.3, -0.25) is 4.90 Å². The first-order chi connectivity index (χ1) is 11.5. The molecular formula is C17H18F3N3O. The van der Waals surface area contributed by atoms with Crippen LogP contribution in [0.3, 0.4) is 0 Å². The van der Waals surface area contributed by atoms with E-state index in [0.717, 1.165) is 38.0 Å². The Morgan fingerprint density at radius 2 is 1.75 bits per heavy atom. The lowest BCUT2D eigenvalue weighted by molar-refractivity contribution is -0.274. The Morgan fingerprint density at radius 3 is 2.42 bits per heavy atom. The third-order valence-corrected chi connectivity index (χ3v) is 4.58. The van der Waals surface area contributed by atoms with Gasteiger partial charge in [-0.05, 0) is 43.2 Å². The number of fused-ring (bicyclic) bond motifs is 1. The average molecular weight is 337 g/mol. The predicted molar refractivity (Wildman–Crippen MR) is 85.2 cm³/mol. The molecule has 2 fully saturated rings. The summed E-state index contributed by atoms with van der Waals surface area (Å²) in [7, 11) is 0. The standard InChI is InChI=1S/C17H18F3N3O/c18-17(19,20)24-14-4-5-15-12(11-14)1-6-16(21-15)23-9-7-22(8-10-23)13-2-3-13/h1,4-6,11,13H,2-3,7-10H2. The maximum absolute atomic E-state index is 12.3. The predicted octanol–water partition coefficient (Wildman–Crippen LogP) is 3.42. The van der Waals surface area contributed by atoms with E-state index in [-0.39, 0.29) is 5.75 Å². The second-order valence-electron chi connectivity index (χ2n) is 6.33. The maximum atomic E-state index is 12.3. The highest BCUT2D eigenvalue weighted by Gasteiger charge is 2.32. The number of alkyl halides is 3. The van der Waals surface area contributed by atoms with Gasteiger partial charge in [0.1, 0.15) is 11.6 Å². The molecule has 1 aliphatic heterocycles. The van der Waals surface area contributed by atoms with E-state index in [4.69, 9.17) is 0 Å². The Labute approximate surface area is 137 Å². The topological polar surface area (TPSA) is 28.6 Å². The van der Waals surface area contributed by atoms with Gasteiger partial charge in [-0.1, -0.05) is 0 Å². The minimum atomic E-state index is -4.68. The van der Waals surface area contributed by atoms with E-state index in [1.165, 1.54) is 25.0 Å². The summed E-state index contributed by atoms with van der Waals surface area (Å²) in [6.45, 7) is 3.96. The largest absolute Gasteiger partial charge is 0.573 e. The molecule has 0 unspecified atom stereocenters. The summed E-state index contributed by atoms with van der Waals surface area (Å²) >= 11 is 0. The van der Waals surface area contributed by atoms with Crippen molar-refractivity contribution in [1.29, 1.82) is 0 Å². The fraction of sp³-hybridized carbons (Fsp3) is 0.471. The minimum Gasteiger partial charge on any atom is -0.406 e. The zero-order valence-corrected chi connectivity index (χ0v) is 13.1. The zero-order valence-electron chi connectivity index (χ0n) is 13.1. The smallest absolute Gasteiger partial charge is 0.406 e. The molecule has 0 bridgehead atoms. The fourth-order valence-electron chi connectivity index (χ4n) is 3.22. The van der Waals surface area contributed by atoms with Gasteiger partial charge in [0.2, 0.25) is 0 Å². The number of hydrogen-bond donors (Lipinski definition) is 0. The van der Waals surface area contributed by atoms with E-state index in [9.17, 15) is 13.2 Å². The van der Waals surface area contributed by atoms with Crippen LogP contribution in [0.25, 0.3) is 10.9 Å². The first-order valence-electron chi connectivity index (χ1n) is 8.13. The number of piperazine rings is 1. The lowest BCUT2D eigenvalue weighted by atomic mass is 10.2. The molecule has 2 heterocycles. The van der Waals surface area contributed by atoms with Gasteiger partial charge < -0.3 is 9.64 Å². The van der Waals surface area contributed by atoms with Crippen LogP contribution in [0, 0.1) is 0 Å². The summed E-state index contributed by atoms with van der Waals surface area (Å²) < 4.78 is 40.8. The molecule has 1 aromatic heterocycles. The number of rotatable bonds is 3. The van der Waals surface area contributed by atoms with E-state index in [1.807, 2.05) is 6.07 Å². The maximum Gasteiger partial charge on any atom is 0.573 e. The van der Waals surface area contributed by atoms with Crippen LogP contribution < -0.4 is 9.64 Å². The Hall–Kier alpha value is -2.02. The quantitative estimate of drug-likeness (QED) is 0.858. The van der Waals surface area contributed by atoms with Crippen LogP contribution in [0.1, 0.15) is 12.8 Å². The molecule has 1 saturated heterocycles. The Balaban J connectivity index is 1.50. The van der Waals surface area contributed by atoms with Gasteiger partial charge in [-0.15, -0.1) is 13.2 Å². The molecule has 0 amide bonds. The van der Waals surface area contributed by atoms with Gasteiger partial charge in [-0.25, -0.2) is 4.98 Å². The molecule has 4 rings (SSSR count). The number of halogens is 3. The third-order valence-electron chi connectivity index (χ3n) is 4.58. The molecule has 2 aliphatic rings. The molecule has 0 atom stereocenters. The van der Waals surface area contributed by atoms with Crippen molar-refractivity contribution in [1.82, 2.24) is 9.88 Å². The van der Waals surface area contributed by atoms with Crippen LogP contribution in [-0.2, 0) is 0 Å². The number of nitrogens with zero attached hydrogens (tertiary/aromatic N) is 3. The summed E-state index contributed by atoms with van der Waals surface area (Å²) in [6.07, 6.45) is -2.05. The molecule has 1 saturated carbocycles. The monoisotopic (exact) mass is 337 g/mol. The molecule has 1 aromatic carbocycles. The second-order valence-corrected chi connectivity index (χ2v) is 6.33. The molecule has 128 valence electrons. The minimum absolute atomic E-state index is 0.220. The van der Waals surface area contributed by atoms with Crippen molar-refractivity contribution >= 4 is 16.7 Å². The van der Waals surface area contributed by atoms with Gasteiger partial charge in [0.15, 0.2) is 0 Å². The van der Waals surface area contributed by atoms with E-state index in [1.54, 1.807) is 12.1 Å². The van der Waals surface area contributed by atoms with Crippen molar-refractivity contribution in [2.24, 2.45) is 0 Å². The Kier molecular flexibility index (Phi) is 3.75. The van der Waals surface area contributed by atoms with Crippen LogP contribution in [0.15, 0.2) is 30.3 Å². The molecular weight excluding hydrogens is 319 g/mol. The van der Waals surface area contributed by atoms with E-state index in [2.05, 4.69) is 19.5 Å². The van der Waals surface area contributed by atoms with Crippen molar-refractivity contribution in [2.75, 3.05) is 31.1 Å². The van der Waals surface area contributed by atoms with Crippen molar-refractivity contribution in [2.45, 2.75) is 25.2 Å². The van der Waals surface area contributed by atoms with Crippen LogP contribution in [0.4, 0.5) is 19.0 Å². The summed E-state index contributed by atoms with van der Waals surface area (Å²) in [4.78, 5) is 9.35. The third kappa shape index (κ3) is 3.40. The van der Waals surface area contributed by atoms with Crippen LogP contribution in [-0.4, -0.2) is 48.5 Å². The molecule has 0 spiro atoms. The van der Waals surface area contributed by atoms with E-state index >= 15 is 0 Å². The first kappa shape index (κ1) is 15.5. The van der Waals surface area contributed by atoms with Crippen molar-refractivity contribution in [3.63, 3.8) is 0 Å². The molecule has 1 aliphatic carbocycles. The number of ether oxygens (including phenoxy) is 1. The van der Waals surface area contributed by atoms with Crippen molar-refractivity contribution in [3.05, 3.63) is 30.3 Å². The summed E-state index contributed by atoms with van der Waals surface area (Å²) in [6, 6.07) is 8.69. The average Bonchev–Trinajstić information content (AvgIpc) is 3.38. The lowest BCUT2D eigenvalue weighted by Gasteiger charge is -2.35. The normalized spacial score (nSPS) is 19.7. The molecule has 2 aromatic rings. The van der Waals surface area contributed by atoms with Gasteiger partial charge in [0, 0.05) is 37.6 Å². The van der Waals surface area contributed by atoms with Crippen LogP contribution in [0.2, 0.25) is 0 Å². The van der Waals surface area contributed by atoms with Gasteiger partial charge in [0.25, 0.3) is 0 Å². The number of hydrogen-bond acceptors (Lipinski definition) is 4.